The fourth-order valence-electron chi connectivity index (χ4n) is 0.817. The van der Waals surface area contributed by atoms with Crippen molar-refractivity contribution in [2.45, 2.75) is 0 Å². The van der Waals surface area contributed by atoms with E-state index in [9.17, 15) is 8.42 Å². The summed E-state index contributed by atoms with van der Waals surface area (Å²) < 4.78 is 23.9. The van der Waals surface area contributed by atoms with Crippen LogP contribution < -0.4 is 4.72 Å². The van der Waals surface area contributed by atoms with Crippen molar-refractivity contribution in [3.8, 4) is 0 Å². The second-order valence-corrected chi connectivity index (χ2v) is 4.73. The first-order chi connectivity index (χ1) is 5.99. The van der Waals surface area contributed by atoms with E-state index in [0.29, 0.717) is 5.56 Å². The maximum atomic E-state index is 10.8. The minimum atomic E-state index is -3.26. The Bertz CT molecular complexity index is 397. The molecule has 5 heteroatoms. The van der Waals surface area contributed by atoms with E-state index in [1.54, 1.807) is 24.3 Å². The van der Waals surface area contributed by atoms with E-state index in [4.69, 9.17) is 12.2 Å². The predicted octanol–water partition coefficient (Wildman–Crippen LogP) is 0.911. The van der Waals surface area contributed by atoms with Crippen molar-refractivity contribution in [1.29, 1.82) is 0 Å². The molecule has 0 saturated heterocycles. The summed E-state index contributed by atoms with van der Waals surface area (Å²) >= 11 is 4.88. The van der Waals surface area contributed by atoms with Gasteiger partial charge in [0.2, 0.25) is 10.0 Å². The zero-order valence-electron chi connectivity index (χ0n) is 7.02. The first-order valence-electron chi connectivity index (χ1n) is 3.56. The number of benzene rings is 1. The van der Waals surface area contributed by atoms with E-state index in [2.05, 4.69) is 4.72 Å². The fourth-order valence-corrected chi connectivity index (χ4v) is 1.86. The molecule has 0 amide bonds. The molecule has 70 valence electrons. The average Bonchev–Trinajstić information content (AvgIpc) is 2.03. The molecule has 0 saturated carbocycles. The lowest BCUT2D eigenvalue weighted by Crippen LogP contribution is -2.28. The van der Waals surface area contributed by atoms with Crippen LogP contribution in [0.1, 0.15) is 5.56 Å². The molecule has 0 fully saturated rings. The Hall–Kier alpha value is -0.940. The Morgan fingerprint density at radius 3 is 2.31 bits per heavy atom. The fraction of sp³-hybridized carbons (Fsp3) is 0.125. The van der Waals surface area contributed by atoms with E-state index in [1.807, 2.05) is 6.07 Å². The molecular formula is C8H9NO2S2. The van der Waals surface area contributed by atoms with Crippen molar-refractivity contribution in [1.82, 2.24) is 4.72 Å². The Balaban J connectivity index is 2.82. The minimum Gasteiger partial charge on any atom is -0.273 e. The van der Waals surface area contributed by atoms with Gasteiger partial charge in [0.1, 0.15) is 4.99 Å². The molecule has 1 N–H and O–H groups in total. The number of rotatable bonds is 2. The van der Waals surface area contributed by atoms with Gasteiger partial charge >= 0.3 is 0 Å². The summed E-state index contributed by atoms with van der Waals surface area (Å²) in [5.41, 5.74) is 0.697. The minimum absolute atomic E-state index is 0.225. The second kappa shape index (κ2) is 3.85. The van der Waals surface area contributed by atoms with Crippen molar-refractivity contribution >= 4 is 27.2 Å². The number of thiocarbonyl (C=S) groups is 1. The largest absolute Gasteiger partial charge is 0.273 e. The van der Waals surface area contributed by atoms with Gasteiger partial charge in [-0.1, -0.05) is 42.5 Å². The zero-order valence-corrected chi connectivity index (χ0v) is 8.65. The molecule has 0 heterocycles. The lowest BCUT2D eigenvalue weighted by atomic mass is 10.2. The second-order valence-electron chi connectivity index (χ2n) is 2.57. The van der Waals surface area contributed by atoms with E-state index >= 15 is 0 Å². The molecule has 3 nitrogen and oxygen atoms in total. The topological polar surface area (TPSA) is 46.2 Å². The first-order valence-corrected chi connectivity index (χ1v) is 5.86. The Morgan fingerprint density at radius 2 is 1.85 bits per heavy atom. The average molecular weight is 215 g/mol. The van der Waals surface area contributed by atoms with Crippen molar-refractivity contribution in [3.63, 3.8) is 0 Å². The molecule has 0 spiro atoms. The van der Waals surface area contributed by atoms with Gasteiger partial charge in [0, 0.05) is 5.56 Å². The third-order valence-corrected chi connectivity index (χ3v) is 2.36. The molecule has 0 bridgehead atoms. The van der Waals surface area contributed by atoms with Gasteiger partial charge in [0.05, 0.1) is 6.26 Å². The Morgan fingerprint density at radius 1 is 1.31 bits per heavy atom. The molecule has 0 radical (unpaired) electrons. The highest BCUT2D eigenvalue weighted by Crippen LogP contribution is 1.99. The van der Waals surface area contributed by atoms with Crippen molar-refractivity contribution in [2.75, 3.05) is 6.26 Å². The number of hydrogen-bond acceptors (Lipinski definition) is 3. The molecule has 0 atom stereocenters. The van der Waals surface area contributed by atoms with Crippen LogP contribution in [0.3, 0.4) is 0 Å². The van der Waals surface area contributed by atoms with Crippen molar-refractivity contribution < 1.29 is 8.42 Å². The number of hydrogen-bond donors (Lipinski definition) is 1. The van der Waals surface area contributed by atoms with Crippen LogP contribution in [0.5, 0.6) is 0 Å². The lowest BCUT2D eigenvalue weighted by molar-refractivity contribution is 0.599. The quantitative estimate of drug-likeness (QED) is 0.746. The highest BCUT2D eigenvalue weighted by atomic mass is 32.2. The van der Waals surface area contributed by atoms with E-state index in [0.717, 1.165) is 6.26 Å². The Kier molecular flexibility index (Phi) is 3.00. The van der Waals surface area contributed by atoms with Gasteiger partial charge in [-0.3, -0.25) is 4.72 Å². The molecule has 0 aromatic heterocycles. The summed E-state index contributed by atoms with van der Waals surface area (Å²) in [6, 6.07) is 8.94. The van der Waals surface area contributed by atoms with E-state index < -0.39 is 10.0 Å². The van der Waals surface area contributed by atoms with Crippen LogP contribution in [0.4, 0.5) is 0 Å². The van der Waals surface area contributed by atoms with E-state index in [-0.39, 0.29) is 4.99 Å². The molecule has 1 aromatic rings. The molecule has 0 aliphatic rings. The summed E-state index contributed by atoms with van der Waals surface area (Å²) in [5.74, 6) is 0. The molecule has 0 aliphatic heterocycles. The van der Waals surface area contributed by atoms with Crippen LogP contribution in [0.2, 0.25) is 0 Å². The van der Waals surface area contributed by atoms with Gasteiger partial charge in [0.25, 0.3) is 0 Å². The monoisotopic (exact) mass is 215 g/mol. The third kappa shape index (κ3) is 3.52. The van der Waals surface area contributed by atoms with Crippen LogP contribution in [-0.4, -0.2) is 19.7 Å². The summed E-state index contributed by atoms with van der Waals surface area (Å²) in [6.07, 6.45) is 1.07. The SMILES string of the molecule is CS(=O)(=O)NC(=S)c1ccccc1. The van der Waals surface area contributed by atoms with Crippen LogP contribution in [0, 0.1) is 0 Å². The Labute approximate surface area is 82.8 Å². The number of nitrogens with one attached hydrogen (secondary N) is 1. The van der Waals surface area contributed by atoms with Crippen molar-refractivity contribution in [3.05, 3.63) is 35.9 Å². The normalized spacial score (nSPS) is 10.8. The standard InChI is InChI=1S/C8H9NO2S2/c1-13(10,11)9-8(12)7-5-3-2-4-6-7/h2-6H,1H3,(H,9,12). The van der Waals surface area contributed by atoms with Crippen LogP contribution >= 0.6 is 12.2 Å². The summed E-state index contributed by atoms with van der Waals surface area (Å²) in [7, 11) is -3.26. The zero-order chi connectivity index (χ0) is 9.90. The lowest BCUT2D eigenvalue weighted by Gasteiger charge is -2.04. The highest BCUT2D eigenvalue weighted by Gasteiger charge is 2.05. The summed E-state index contributed by atoms with van der Waals surface area (Å²) in [4.78, 5) is 0.225. The molecule has 1 aromatic carbocycles. The predicted molar refractivity (Wildman–Crippen MR) is 56.1 cm³/mol. The molecular weight excluding hydrogens is 206 g/mol. The molecule has 1 rings (SSSR count). The van der Waals surface area contributed by atoms with Gasteiger partial charge in [-0.25, -0.2) is 8.42 Å². The van der Waals surface area contributed by atoms with E-state index in [1.165, 1.54) is 0 Å². The van der Waals surface area contributed by atoms with Gasteiger partial charge in [-0.2, -0.15) is 0 Å². The van der Waals surface area contributed by atoms with Crippen LogP contribution in [0.15, 0.2) is 30.3 Å². The molecule has 0 unspecified atom stereocenters. The maximum Gasteiger partial charge on any atom is 0.230 e. The van der Waals surface area contributed by atoms with Gasteiger partial charge in [-0.05, 0) is 0 Å². The van der Waals surface area contributed by atoms with Gasteiger partial charge in [0.15, 0.2) is 0 Å². The first kappa shape index (κ1) is 10.1. The molecule has 0 aliphatic carbocycles. The third-order valence-electron chi connectivity index (χ3n) is 1.31. The van der Waals surface area contributed by atoms with Gasteiger partial charge < -0.3 is 0 Å². The van der Waals surface area contributed by atoms with Crippen molar-refractivity contribution in [2.24, 2.45) is 0 Å². The smallest absolute Gasteiger partial charge is 0.230 e. The van der Waals surface area contributed by atoms with Crippen LogP contribution in [0.25, 0.3) is 0 Å². The summed E-state index contributed by atoms with van der Waals surface area (Å²) in [5, 5.41) is 0. The summed E-state index contributed by atoms with van der Waals surface area (Å²) in [6.45, 7) is 0. The highest BCUT2D eigenvalue weighted by molar-refractivity contribution is 7.91. The molecule has 13 heavy (non-hydrogen) atoms. The maximum absolute atomic E-state index is 10.8. The van der Waals surface area contributed by atoms with Crippen LogP contribution in [-0.2, 0) is 10.0 Å². The number of sulfonamides is 1. The van der Waals surface area contributed by atoms with Gasteiger partial charge in [-0.15, -0.1) is 0 Å².